The zero-order valence-electron chi connectivity index (χ0n) is 17.6. The number of hydrogen-bond acceptors (Lipinski definition) is 3. The van der Waals surface area contributed by atoms with Crippen molar-refractivity contribution in [3.8, 4) is 11.1 Å². The second-order valence-electron chi connectivity index (χ2n) is 7.50. The van der Waals surface area contributed by atoms with Crippen molar-refractivity contribution in [3.05, 3.63) is 64.9 Å². The molecular weight excluding hydrogens is 367 g/mol. The molecule has 152 valence electrons. The summed E-state index contributed by atoms with van der Waals surface area (Å²) < 4.78 is 16.3. The fourth-order valence-corrected chi connectivity index (χ4v) is 3.76. The van der Waals surface area contributed by atoms with Crippen LogP contribution in [0.3, 0.4) is 0 Å². The number of aryl methyl sites for hydroxylation is 2. The predicted octanol–water partition coefficient (Wildman–Crippen LogP) is 4.14. The number of allylic oxidation sites excluding steroid dienone is 1. The number of aromatic nitrogens is 2. The number of pyridine rings is 1. The lowest BCUT2D eigenvalue weighted by molar-refractivity contribution is 0.0828. The molecule has 3 aromatic rings. The van der Waals surface area contributed by atoms with Crippen molar-refractivity contribution >= 4 is 16.8 Å². The van der Waals surface area contributed by atoms with Gasteiger partial charge in [-0.1, -0.05) is 0 Å². The highest BCUT2D eigenvalue weighted by Crippen LogP contribution is 2.36. The van der Waals surface area contributed by atoms with Crippen LogP contribution in [-0.2, 0) is 6.54 Å². The molecule has 0 atom stereocenters. The molecule has 3 rings (SSSR count). The molecule has 1 aromatic carbocycles. The number of fused-ring (bicyclic) bond motifs is 1. The van der Waals surface area contributed by atoms with Crippen LogP contribution in [0.4, 0.5) is 4.39 Å². The molecule has 0 saturated carbocycles. The number of halogens is 1. The number of hydrogen-bond donors (Lipinski definition) is 1. The first-order valence-corrected chi connectivity index (χ1v) is 9.57. The van der Waals surface area contributed by atoms with Crippen LogP contribution < -0.4 is 5.73 Å². The SMILES string of the molecule is Cc1cc(-c2c(C)n(C/C(F)=C/CN)c3ccc(C(=O)N(C)C)cc23)cc(C)n1. The van der Waals surface area contributed by atoms with E-state index >= 15 is 0 Å². The first-order chi connectivity index (χ1) is 13.7. The highest BCUT2D eigenvalue weighted by Gasteiger charge is 2.19. The number of carbonyl (C=O) groups is 1. The molecule has 0 bridgehead atoms. The molecule has 0 spiro atoms. The summed E-state index contributed by atoms with van der Waals surface area (Å²) in [5, 5.41) is 0.917. The normalized spacial score (nSPS) is 11.9. The Morgan fingerprint density at radius 2 is 1.83 bits per heavy atom. The van der Waals surface area contributed by atoms with Crippen molar-refractivity contribution in [2.45, 2.75) is 27.3 Å². The van der Waals surface area contributed by atoms with Crippen LogP contribution in [0.2, 0.25) is 0 Å². The van der Waals surface area contributed by atoms with E-state index in [0.29, 0.717) is 5.56 Å². The van der Waals surface area contributed by atoms with Gasteiger partial charge in [0.05, 0.1) is 6.54 Å². The average Bonchev–Trinajstić information content (AvgIpc) is 2.91. The van der Waals surface area contributed by atoms with E-state index in [1.807, 2.05) is 49.6 Å². The minimum Gasteiger partial charge on any atom is -0.345 e. The van der Waals surface area contributed by atoms with Crippen LogP contribution in [0.15, 0.2) is 42.2 Å². The number of amides is 1. The van der Waals surface area contributed by atoms with Gasteiger partial charge in [0.2, 0.25) is 0 Å². The van der Waals surface area contributed by atoms with E-state index in [2.05, 4.69) is 4.98 Å². The molecule has 1 amide bonds. The third-order valence-corrected chi connectivity index (χ3v) is 5.00. The van der Waals surface area contributed by atoms with Gasteiger partial charge in [-0.2, -0.15) is 0 Å². The van der Waals surface area contributed by atoms with Gasteiger partial charge in [-0.3, -0.25) is 9.78 Å². The topological polar surface area (TPSA) is 64.2 Å². The Balaban J connectivity index is 2.31. The highest BCUT2D eigenvalue weighted by molar-refractivity contribution is 6.04. The van der Waals surface area contributed by atoms with Gasteiger partial charge in [0, 0.05) is 59.8 Å². The Hall–Kier alpha value is -2.99. The second kappa shape index (κ2) is 8.17. The Morgan fingerprint density at radius 1 is 1.17 bits per heavy atom. The molecule has 2 N–H and O–H groups in total. The summed E-state index contributed by atoms with van der Waals surface area (Å²) >= 11 is 0. The molecule has 5 nitrogen and oxygen atoms in total. The lowest BCUT2D eigenvalue weighted by Gasteiger charge is -2.11. The Kier molecular flexibility index (Phi) is 5.84. The van der Waals surface area contributed by atoms with E-state index in [1.165, 1.54) is 6.08 Å². The highest BCUT2D eigenvalue weighted by atomic mass is 19.1. The molecule has 0 aliphatic carbocycles. The van der Waals surface area contributed by atoms with Gasteiger partial charge in [-0.05, 0) is 62.7 Å². The summed E-state index contributed by atoms with van der Waals surface area (Å²) in [5.74, 6) is -0.353. The fraction of sp³-hybridized carbons (Fsp3) is 0.304. The summed E-state index contributed by atoms with van der Waals surface area (Å²) in [4.78, 5) is 18.5. The Bertz CT molecular complexity index is 1090. The summed E-state index contributed by atoms with van der Waals surface area (Å²) in [7, 11) is 3.46. The zero-order valence-corrected chi connectivity index (χ0v) is 17.6. The van der Waals surface area contributed by atoms with Crippen LogP contribution in [0.25, 0.3) is 22.0 Å². The molecular formula is C23H27FN4O. The van der Waals surface area contributed by atoms with Crippen molar-refractivity contribution in [2.24, 2.45) is 5.73 Å². The van der Waals surface area contributed by atoms with E-state index in [4.69, 9.17) is 5.73 Å². The largest absolute Gasteiger partial charge is 0.345 e. The molecule has 2 heterocycles. The van der Waals surface area contributed by atoms with Gasteiger partial charge in [0.25, 0.3) is 5.91 Å². The monoisotopic (exact) mass is 394 g/mol. The van der Waals surface area contributed by atoms with Gasteiger partial charge < -0.3 is 15.2 Å². The first kappa shape index (κ1) is 20.7. The second-order valence-corrected chi connectivity index (χ2v) is 7.50. The minimum absolute atomic E-state index is 0.0699. The fourth-order valence-electron chi connectivity index (χ4n) is 3.76. The van der Waals surface area contributed by atoms with Crippen LogP contribution in [0.1, 0.15) is 27.4 Å². The maximum atomic E-state index is 14.3. The van der Waals surface area contributed by atoms with Crippen molar-refractivity contribution < 1.29 is 9.18 Å². The lowest BCUT2D eigenvalue weighted by Crippen LogP contribution is -2.21. The van der Waals surface area contributed by atoms with Crippen molar-refractivity contribution in [1.82, 2.24) is 14.5 Å². The third kappa shape index (κ3) is 4.07. The summed E-state index contributed by atoms with van der Waals surface area (Å²) in [6.45, 7) is 6.14. The van der Waals surface area contributed by atoms with Gasteiger partial charge in [0.1, 0.15) is 5.83 Å². The molecule has 2 aromatic heterocycles. The average molecular weight is 394 g/mol. The number of nitrogens with two attached hydrogens (primary N) is 1. The van der Waals surface area contributed by atoms with Gasteiger partial charge in [-0.25, -0.2) is 4.39 Å². The van der Waals surface area contributed by atoms with Gasteiger partial charge in [-0.15, -0.1) is 0 Å². The Labute approximate surface area is 170 Å². The van der Waals surface area contributed by atoms with E-state index in [-0.39, 0.29) is 24.8 Å². The van der Waals surface area contributed by atoms with E-state index in [1.54, 1.807) is 25.1 Å². The lowest BCUT2D eigenvalue weighted by atomic mass is 10.00. The number of carbonyl (C=O) groups excluding carboxylic acids is 1. The van der Waals surface area contributed by atoms with Crippen molar-refractivity contribution in [2.75, 3.05) is 20.6 Å². The van der Waals surface area contributed by atoms with Crippen LogP contribution in [0, 0.1) is 20.8 Å². The summed E-state index contributed by atoms with van der Waals surface area (Å²) in [6, 6.07) is 9.61. The van der Waals surface area contributed by atoms with Crippen molar-refractivity contribution in [1.29, 1.82) is 0 Å². The van der Waals surface area contributed by atoms with E-state index in [9.17, 15) is 9.18 Å². The summed E-state index contributed by atoms with van der Waals surface area (Å²) in [6.07, 6.45) is 1.38. The maximum absolute atomic E-state index is 14.3. The smallest absolute Gasteiger partial charge is 0.253 e. The predicted molar refractivity (Wildman–Crippen MR) is 116 cm³/mol. The molecule has 0 fully saturated rings. The molecule has 29 heavy (non-hydrogen) atoms. The molecule has 0 aliphatic rings. The zero-order chi connectivity index (χ0) is 21.3. The molecule has 6 heteroatoms. The number of nitrogens with zero attached hydrogens (tertiary/aromatic N) is 3. The molecule has 0 aliphatic heterocycles. The maximum Gasteiger partial charge on any atom is 0.253 e. The molecule has 0 radical (unpaired) electrons. The minimum atomic E-state index is -0.283. The van der Waals surface area contributed by atoms with E-state index in [0.717, 1.165) is 39.1 Å². The number of benzene rings is 1. The number of rotatable bonds is 5. The summed E-state index contributed by atoms with van der Waals surface area (Å²) in [5.41, 5.74) is 11.7. The van der Waals surface area contributed by atoms with Crippen LogP contribution >= 0.6 is 0 Å². The van der Waals surface area contributed by atoms with Crippen LogP contribution in [0.5, 0.6) is 0 Å². The van der Waals surface area contributed by atoms with Gasteiger partial charge >= 0.3 is 0 Å². The molecule has 0 unspecified atom stereocenters. The van der Waals surface area contributed by atoms with Gasteiger partial charge in [0.15, 0.2) is 0 Å². The third-order valence-electron chi connectivity index (χ3n) is 5.00. The quantitative estimate of drug-likeness (QED) is 0.707. The first-order valence-electron chi connectivity index (χ1n) is 9.57. The standard InChI is InChI=1S/C23H27FN4O/c1-14-10-18(11-15(2)26-14)22-16(3)28(13-19(24)8-9-25)21-7-6-17(12-20(21)22)23(29)27(4)5/h6-8,10-12H,9,13,25H2,1-5H3/b19-8-. The Morgan fingerprint density at radius 3 is 2.41 bits per heavy atom. The van der Waals surface area contributed by atoms with Crippen molar-refractivity contribution in [3.63, 3.8) is 0 Å². The molecule has 0 saturated heterocycles. The van der Waals surface area contributed by atoms with Crippen LogP contribution in [-0.4, -0.2) is 41.0 Å². The van der Waals surface area contributed by atoms with E-state index < -0.39 is 0 Å².